The third-order valence-electron chi connectivity index (χ3n) is 5.15. The van der Waals surface area contributed by atoms with E-state index >= 15 is 0 Å². The number of aromatic nitrogens is 3. The van der Waals surface area contributed by atoms with Crippen LogP contribution in [0.15, 0.2) is 29.3 Å². The van der Waals surface area contributed by atoms with E-state index in [9.17, 15) is 18.0 Å². The largest absolute Gasteiger partial charge is 0.417 e. The van der Waals surface area contributed by atoms with Crippen molar-refractivity contribution >= 4 is 17.3 Å². The van der Waals surface area contributed by atoms with E-state index in [0.29, 0.717) is 17.3 Å². The zero-order valence-electron chi connectivity index (χ0n) is 13.8. The molecule has 2 aliphatic rings. The number of alkyl halides is 3. The summed E-state index contributed by atoms with van der Waals surface area (Å²) in [5, 5.41) is 4.09. The molecule has 1 saturated carbocycles. The second kappa shape index (κ2) is 5.97. The molecular formula is C17H16ClF3N4O. The minimum Gasteiger partial charge on any atom is -0.368 e. The van der Waals surface area contributed by atoms with Crippen molar-refractivity contribution in [3.63, 3.8) is 0 Å². The number of piperidine rings is 1. The van der Waals surface area contributed by atoms with Crippen LogP contribution in [-0.4, -0.2) is 27.9 Å². The average molecular weight is 385 g/mol. The van der Waals surface area contributed by atoms with Gasteiger partial charge >= 0.3 is 6.18 Å². The van der Waals surface area contributed by atoms with Crippen LogP contribution in [0, 0.1) is 5.41 Å². The molecule has 5 nitrogen and oxygen atoms in total. The van der Waals surface area contributed by atoms with E-state index in [0.717, 1.165) is 36.3 Å². The fourth-order valence-electron chi connectivity index (χ4n) is 3.49. The summed E-state index contributed by atoms with van der Waals surface area (Å²) in [6.07, 6.45) is 2.30. The smallest absolute Gasteiger partial charge is 0.368 e. The van der Waals surface area contributed by atoms with E-state index < -0.39 is 17.3 Å². The molecule has 2 fully saturated rings. The van der Waals surface area contributed by atoms with Gasteiger partial charge in [-0.1, -0.05) is 11.6 Å². The van der Waals surface area contributed by atoms with Crippen LogP contribution in [0.1, 0.15) is 31.2 Å². The van der Waals surface area contributed by atoms with E-state index in [1.165, 1.54) is 25.5 Å². The van der Waals surface area contributed by atoms with Crippen LogP contribution in [-0.2, 0) is 6.18 Å². The van der Waals surface area contributed by atoms with Crippen LogP contribution in [0.5, 0.6) is 0 Å². The van der Waals surface area contributed by atoms with Gasteiger partial charge in [-0.2, -0.15) is 23.0 Å². The molecular weight excluding hydrogens is 369 g/mol. The zero-order valence-corrected chi connectivity index (χ0v) is 14.5. The average Bonchev–Trinajstić information content (AvgIpc) is 3.35. The topological polar surface area (TPSA) is 51.0 Å². The van der Waals surface area contributed by atoms with Crippen molar-refractivity contribution in [2.24, 2.45) is 5.41 Å². The third-order valence-corrected chi connectivity index (χ3v) is 5.51. The van der Waals surface area contributed by atoms with Crippen LogP contribution in [0.3, 0.4) is 0 Å². The molecule has 26 heavy (non-hydrogen) atoms. The summed E-state index contributed by atoms with van der Waals surface area (Å²) in [6.45, 7) is 1.67. The van der Waals surface area contributed by atoms with Gasteiger partial charge in [0.1, 0.15) is 5.02 Å². The minimum atomic E-state index is -4.49. The Kier molecular flexibility index (Phi) is 3.98. The minimum absolute atomic E-state index is 0.00578. The SMILES string of the molecule is O=c1c(Cl)c(N2CCCC3(CC3)C2)cnn1-c1ccc(C(F)(F)F)cn1. The molecule has 0 radical (unpaired) electrons. The third kappa shape index (κ3) is 3.06. The van der Waals surface area contributed by atoms with E-state index in [1.54, 1.807) is 0 Å². The van der Waals surface area contributed by atoms with Crippen molar-refractivity contribution in [2.45, 2.75) is 31.9 Å². The standard InChI is InChI=1S/C17H16ClF3N4O/c18-14-12(24-7-1-4-16(10-24)5-6-16)9-23-25(15(14)26)13-3-2-11(8-22-13)17(19,20)21/h2-3,8-9H,1,4-7,10H2. The summed E-state index contributed by atoms with van der Waals surface area (Å²) in [7, 11) is 0. The number of anilines is 1. The summed E-state index contributed by atoms with van der Waals surface area (Å²) < 4.78 is 38.8. The molecule has 0 aromatic carbocycles. The molecule has 138 valence electrons. The molecule has 1 spiro atoms. The predicted molar refractivity (Wildman–Crippen MR) is 90.8 cm³/mol. The Balaban J connectivity index is 1.65. The van der Waals surface area contributed by atoms with Gasteiger partial charge in [-0.25, -0.2) is 4.98 Å². The number of hydrogen-bond donors (Lipinski definition) is 0. The summed E-state index contributed by atoms with van der Waals surface area (Å²) in [6, 6.07) is 1.97. The molecule has 1 aliphatic heterocycles. The quantitative estimate of drug-likeness (QED) is 0.792. The van der Waals surface area contributed by atoms with Gasteiger partial charge in [-0.05, 0) is 43.2 Å². The lowest BCUT2D eigenvalue weighted by molar-refractivity contribution is -0.137. The normalized spacial score (nSPS) is 19.0. The van der Waals surface area contributed by atoms with Gasteiger partial charge in [-0.15, -0.1) is 0 Å². The molecule has 2 aromatic rings. The number of halogens is 4. The van der Waals surface area contributed by atoms with Crippen molar-refractivity contribution in [3.8, 4) is 5.82 Å². The molecule has 3 heterocycles. The Bertz CT molecular complexity index is 890. The number of pyridine rings is 1. The van der Waals surface area contributed by atoms with Crippen LogP contribution >= 0.6 is 11.6 Å². The fourth-order valence-corrected chi connectivity index (χ4v) is 3.73. The highest BCUT2D eigenvalue weighted by molar-refractivity contribution is 6.33. The van der Waals surface area contributed by atoms with Gasteiger partial charge in [0.05, 0.1) is 17.4 Å². The van der Waals surface area contributed by atoms with Crippen molar-refractivity contribution in [1.29, 1.82) is 0 Å². The molecule has 0 amide bonds. The molecule has 1 aliphatic carbocycles. The molecule has 1 saturated heterocycles. The lowest BCUT2D eigenvalue weighted by Crippen LogP contribution is -2.38. The van der Waals surface area contributed by atoms with Crippen LogP contribution < -0.4 is 10.5 Å². The second-order valence-electron chi connectivity index (χ2n) is 6.99. The lowest BCUT2D eigenvalue weighted by atomic mass is 9.95. The Morgan fingerprint density at radius 3 is 2.54 bits per heavy atom. The second-order valence-corrected chi connectivity index (χ2v) is 7.37. The molecule has 0 atom stereocenters. The molecule has 2 aromatic heterocycles. The maximum absolute atomic E-state index is 12.6. The van der Waals surface area contributed by atoms with Crippen LogP contribution in [0.25, 0.3) is 5.82 Å². The first-order chi connectivity index (χ1) is 12.3. The first-order valence-electron chi connectivity index (χ1n) is 8.36. The van der Waals surface area contributed by atoms with Gasteiger partial charge in [0.15, 0.2) is 5.82 Å². The number of hydrogen-bond acceptors (Lipinski definition) is 4. The maximum atomic E-state index is 12.6. The fraction of sp³-hybridized carbons (Fsp3) is 0.471. The van der Waals surface area contributed by atoms with Crippen LogP contribution in [0.4, 0.5) is 18.9 Å². The number of nitrogens with zero attached hydrogens (tertiary/aromatic N) is 4. The molecule has 9 heteroatoms. The van der Waals surface area contributed by atoms with E-state index in [1.807, 2.05) is 0 Å². The van der Waals surface area contributed by atoms with Crippen molar-refractivity contribution in [3.05, 3.63) is 45.5 Å². The van der Waals surface area contributed by atoms with Gasteiger partial charge < -0.3 is 4.90 Å². The molecule has 0 unspecified atom stereocenters. The maximum Gasteiger partial charge on any atom is 0.417 e. The molecule has 0 bridgehead atoms. The van der Waals surface area contributed by atoms with E-state index in [2.05, 4.69) is 15.0 Å². The van der Waals surface area contributed by atoms with E-state index in [-0.39, 0.29) is 10.8 Å². The Morgan fingerprint density at radius 1 is 1.15 bits per heavy atom. The highest BCUT2D eigenvalue weighted by Crippen LogP contribution is 2.52. The van der Waals surface area contributed by atoms with Crippen molar-refractivity contribution < 1.29 is 13.2 Å². The Hall–Kier alpha value is -2.09. The van der Waals surface area contributed by atoms with Gasteiger partial charge in [0, 0.05) is 19.3 Å². The first-order valence-corrected chi connectivity index (χ1v) is 8.73. The molecule has 0 N–H and O–H groups in total. The van der Waals surface area contributed by atoms with Crippen molar-refractivity contribution in [1.82, 2.24) is 14.8 Å². The monoisotopic (exact) mass is 384 g/mol. The first kappa shape index (κ1) is 17.3. The highest BCUT2D eigenvalue weighted by Gasteiger charge is 2.45. The molecule has 4 rings (SSSR count). The summed E-state index contributed by atoms with van der Waals surface area (Å²) in [5.74, 6) is -0.00578. The highest BCUT2D eigenvalue weighted by atomic mass is 35.5. The van der Waals surface area contributed by atoms with Crippen LogP contribution in [0.2, 0.25) is 5.02 Å². The summed E-state index contributed by atoms with van der Waals surface area (Å²) >= 11 is 6.28. The lowest BCUT2D eigenvalue weighted by Gasteiger charge is -2.34. The van der Waals surface area contributed by atoms with Gasteiger partial charge in [0.2, 0.25) is 0 Å². The Labute approximate surface area is 152 Å². The van der Waals surface area contributed by atoms with Gasteiger partial charge in [0.25, 0.3) is 5.56 Å². The van der Waals surface area contributed by atoms with E-state index in [4.69, 9.17) is 11.6 Å². The van der Waals surface area contributed by atoms with Gasteiger partial charge in [-0.3, -0.25) is 4.79 Å². The summed E-state index contributed by atoms with van der Waals surface area (Å²) in [4.78, 5) is 18.4. The van der Waals surface area contributed by atoms with Crippen molar-refractivity contribution in [2.75, 3.05) is 18.0 Å². The number of rotatable bonds is 2. The zero-order chi connectivity index (χ0) is 18.5. The summed E-state index contributed by atoms with van der Waals surface area (Å²) in [5.41, 5.74) is -0.552. The predicted octanol–water partition coefficient (Wildman–Crippen LogP) is 3.68. The Morgan fingerprint density at radius 2 is 1.92 bits per heavy atom.